The lowest BCUT2D eigenvalue weighted by Crippen LogP contribution is -2.29. The summed E-state index contributed by atoms with van der Waals surface area (Å²) in [4.78, 5) is 16.9. The van der Waals surface area contributed by atoms with E-state index >= 15 is 0 Å². The predicted molar refractivity (Wildman–Crippen MR) is 98.4 cm³/mol. The van der Waals surface area contributed by atoms with Gasteiger partial charge in [0.1, 0.15) is 12.4 Å². The Balaban J connectivity index is 2.34. The molecular formula is C17H15F4IN2O3. The molecule has 0 aliphatic carbocycles. The number of amides is 1. The molecule has 0 bridgehead atoms. The van der Waals surface area contributed by atoms with Gasteiger partial charge in [0, 0.05) is 3.57 Å². The highest BCUT2D eigenvalue weighted by Crippen LogP contribution is 2.30. The normalized spacial score (nSPS) is 12.0. The molecule has 3 N–H and O–H groups in total. The second-order valence-corrected chi connectivity index (χ2v) is 6.71. The molecule has 5 nitrogen and oxygen atoms in total. The molecule has 0 heterocycles. The van der Waals surface area contributed by atoms with Gasteiger partial charge in [-0.05, 0) is 53.3 Å². The molecule has 0 aromatic heterocycles. The number of hydrogen-bond acceptors (Lipinski definition) is 4. The topological polar surface area (TPSA) is 70.6 Å². The van der Waals surface area contributed by atoms with E-state index in [0.29, 0.717) is 16.1 Å². The number of hydrogen-bond donors (Lipinski definition) is 3. The monoisotopic (exact) mass is 498 g/mol. The van der Waals surface area contributed by atoms with E-state index in [1.54, 1.807) is 6.92 Å². The van der Waals surface area contributed by atoms with Crippen LogP contribution in [-0.2, 0) is 4.84 Å². The SMILES string of the molecule is CCC(O)CONC(=O)c1cc(F)c(F)c(F)c1Nc1ccc(I)cc1F. The third-order valence-electron chi connectivity index (χ3n) is 3.51. The lowest BCUT2D eigenvalue weighted by atomic mass is 10.1. The molecule has 1 unspecified atom stereocenters. The van der Waals surface area contributed by atoms with Crippen LogP contribution in [-0.4, -0.2) is 23.7 Å². The molecule has 27 heavy (non-hydrogen) atoms. The van der Waals surface area contributed by atoms with Gasteiger partial charge in [-0.3, -0.25) is 9.63 Å². The van der Waals surface area contributed by atoms with Gasteiger partial charge >= 0.3 is 0 Å². The number of aliphatic hydroxyl groups excluding tert-OH is 1. The van der Waals surface area contributed by atoms with Crippen LogP contribution in [0.1, 0.15) is 23.7 Å². The summed E-state index contributed by atoms with van der Waals surface area (Å²) in [5.41, 5.74) is 0.258. The van der Waals surface area contributed by atoms with E-state index in [2.05, 4.69) is 5.32 Å². The van der Waals surface area contributed by atoms with Crippen molar-refractivity contribution >= 4 is 39.9 Å². The van der Waals surface area contributed by atoms with Crippen LogP contribution >= 0.6 is 22.6 Å². The molecule has 0 radical (unpaired) electrons. The number of aliphatic hydroxyl groups is 1. The van der Waals surface area contributed by atoms with Gasteiger partial charge in [0.05, 0.1) is 23.0 Å². The van der Waals surface area contributed by atoms with Gasteiger partial charge < -0.3 is 10.4 Å². The molecule has 2 aromatic carbocycles. The summed E-state index contributed by atoms with van der Waals surface area (Å²) < 4.78 is 56.0. The smallest absolute Gasteiger partial charge is 0.277 e. The van der Waals surface area contributed by atoms with Crippen molar-refractivity contribution in [3.63, 3.8) is 0 Å². The van der Waals surface area contributed by atoms with Crippen molar-refractivity contribution in [3.05, 3.63) is 56.7 Å². The Labute approximate surface area is 165 Å². The molecule has 0 aliphatic heterocycles. The predicted octanol–water partition coefficient (Wildman–Crippen LogP) is 4.02. The first-order valence-electron chi connectivity index (χ1n) is 7.74. The standard InChI is InChI=1S/C17H15F4IN2O3/c1-2-9(25)7-27-24-17(26)10-6-12(19)14(20)15(21)16(10)23-13-4-3-8(22)5-11(13)18/h3-6,9,23,25H,2,7H2,1H3,(H,24,26). The van der Waals surface area contributed by atoms with Gasteiger partial charge in [-0.2, -0.15) is 0 Å². The molecule has 0 spiro atoms. The maximum Gasteiger partial charge on any atom is 0.277 e. The van der Waals surface area contributed by atoms with Crippen LogP contribution in [0.5, 0.6) is 0 Å². The fourth-order valence-corrected chi connectivity index (χ4v) is 2.45. The maximum atomic E-state index is 14.2. The number of hydroxylamine groups is 1. The van der Waals surface area contributed by atoms with Crippen LogP contribution < -0.4 is 10.8 Å². The van der Waals surface area contributed by atoms with E-state index in [4.69, 9.17) is 4.84 Å². The van der Waals surface area contributed by atoms with Crippen LogP contribution in [0.15, 0.2) is 24.3 Å². The Morgan fingerprint density at radius 2 is 1.89 bits per heavy atom. The summed E-state index contributed by atoms with van der Waals surface area (Å²) >= 11 is 1.86. The average molecular weight is 498 g/mol. The van der Waals surface area contributed by atoms with Crippen LogP contribution in [0.4, 0.5) is 28.9 Å². The molecule has 146 valence electrons. The molecule has 1 amide bonds. The van der Waals surface area contributed by atoms with E-state index in [0.717, 1.165) is 6.07 Å². The Bertz CT molecular complexity index is 851. The van der Waals surface area contributed by atoms with Gasteiger partial charge in [0.2, 0.25) is 0 Å². The lowest BCUT2D eigenvalue weighted by Gasteiger charge is -2.15. The Morgan fingerprint density at radius 1 is 1.19 bits per heavy atom. The van der Waals surface area contributed by atoms with Gasteiger partial charge in [0.25, 0.3) is 5.91 Å². The summed E-state index contributed by atoms with van der Waals surface area (Å²) in [7, 11) is 0. The third kappa shape index (κ3) is 5.30. The van der Waals surface area contributed by atoms with Crippen LogP contribution in [0, 0.1) is 26.8 Å². The molecule has 0 aliphatic rings. The minimum atomic E-state index is -1.82. The van der Waals surface area contributed by atoms with Crippen LogP contribution in [0.3, 0.4) is 0 Å². The summed E-state index contributed by atoms with van der Waals surface area (Å²) in [6.07, 6.45) is -0.500. The zero-order chi connectivity index (χ0) is 20.1. The molecule has 0 saturated carbocycles. The van der Waals surface area contributed by atoms with Crippen molar-refractivity contribution in [1.82, 2.24) is 5.48 Å². The summed E-state index contributed by atoms with van der Waals surface area (Å²) in [5.74, 6) is -6.99. The van der Waals surface area contributed by atoms with Crippen LogP contribution in [0.25, 0.3) is 0 Å². The Kier molecular flexibility index (Phi) is 7.39. The van der Waals surface area contributed by atoms with Gasteiger partial charge in [-0.15, -0.1) is 0 Å². The van der Waals surface area contributed by atoms with Crippen molar-refractivity contribution in [2.75, 3.05) is 11.9 Å². The second kappa shape index (κ2) is 9.33. The Morgan fingerprint density at radius 3 is 2.52 bits per heavy atom. The molecule has 0 saturated heterocycles. The molecule has 0 fully saturated rings. The molecule has 2 aromatic rings. The Hall–Kier alpha value is -1.92. The minimum Gasteiger partial charge on any atom is -0.391 e. The molecule has 2 rings (SSSR count). The van der Waals surface area contributed by atoms with Crippen molar-refractivity contribution in [2.24, 2.45) is 0 Å². The molecular weight excluding hydrogens is 483 g/mol. The van der Waals surface area contributed by atoms with E-state index in [1.165, 1.54) is 12.1 Å². The van der Waals surface area contributed by atoms with E-state index < -0.39 is 46.5 Å². The lowest BCUT2D eigenvalue weighted by molar-refractivity contribution is -0.0133. The molecule has 10 heteroatoms. The second-order valence-electron chi connectivity index (χ2n) is 5.46. The zero-order valence-corrected chi connectivity index (χ0v) is 16.1. The van der Waals surface area contributed by atoms with Crippen molar-refractivity contribution in [2.45, 2.75) is 19.4 Å². The largest absolute Gasteiger partial charge is 0.391 e. The zero-order valence-electron chi connectivity index (χ0n) is 14.0. The third-order valence-corrected chi connectivity index (χ3v) is 4.18. The first-order valence-corrected chi connectivity index (χ1v) is 8.82. The van der Waals surface area contributed by atoms with Gasteiger partial charge in [-0.25, -0.2) is 23.0 Å². The number of rotatable bonds is 7. The summed E-state index contributed by atoms with van der Waals surface area (Å²) in [5, 5.41) is 11.6. The van der Waals surface area contributed by atoms with E-state index in [-0.39, 0.29) is 12.3 Å². The van der Waals surface area contributed by atoms with E-state index in [9.17, 15) is 27.5 Å². The highest BCUT2D eigenvalue weighted by atomic mass is 127. The fourth-order valence-electron chi connectivity index (χ4n) is 2.00. The summed E-state index contributed by atoms with van der Waals surface area (Å²) in [6.45, 7) is 1.42. The van der Waals surface area contributed by atoms with Crippen molar-refractivity contribution in [3.8, 4) is 0 Å². The number of carbonyl (C=O) groups excluding carboxylic acids is 1. The number of anilines is 2. The number of carbonyl (C=O) groups is 1. The highest BCUT2D eigenvalue weighted by Gasteiger charge is 2.24. The maximum absolute atomic E-state index is 14.2. The van der Waals surface area contributed by atoms with E-state index in [1.807, 2.05) is 28.1 Å². The quantitative estimate of drug-likeness (QED) is 0.234. The minimum absolute atomic E-state index is 0.239. The first kappa shape index (κ1) is 21.4. The number of nitrogens with one attached hydrogen (secondary N) is 2. The average Bonchev–Trinajstić information content (AvgIpc) is 2.63. The van der Waals surface area contributed by atoms with Crippen molar-refractivity contribution in [1.29, 1.82) is 0 Å². The number of halogens is 5. The van der Waals surface area contributed by atoms with Gasteiger partial charge in [-0.1, -0.05) is 6.92 Å². The highest BCUT2D eigenvalue weighted by molar-refractivity contribution is 14.1. The fraction of sp³-hybridized carbons (Fsp3) is 0.235. The van der Waals surface area contributed by atoms with Crippen LogP contribution in [0.2, 0.25) is 0 Å². The summed E-state index contributed by atoms with van der Waals surface area (Å²) in [6, 6.07) is 4.35. The first-order chi connectivity index (χ1) is 12.7. The number of benzene rings is 2. The molecule has 1 atom stereocenters. The van der Waals surface area contributed by atoms with Crippen molar-refractivity contribution < 1.29 is 32.3 Å². The van der Waals surface area contributed by atoms with Gasteiger partial charge in [0.15, 0.2) is 17.5 Å².